The second kappa shape index (κ2) is 35.2. The van der Waals surface area contributed by atoms with Crippen LogP contribution >= 0.6 is 0 Å². The van der Waals surface area contributed by atoms with Gasteiger partial charge in [0.2, 0.25) is 0 Å². The van der Waals surface area contributed by atoms with E-state index in [1.165, 1.54) is 408 Å². The van der Waals surface area contributed by atoms with Crippen molar-refractivity contribution in [1.29, 1.82) is 0 Å². The normalized spacial score (nSPS) is 11.7. The Hall–Kier alpha value is -9.62. The molecular formula is C128H162. The summed E-state index contributed by atoms with van der Waals surface area (Å²) in [6, 6.07) is 0. The summed E-state index contributed by atoms with van der Waals surface area (Å²) in [6.07, 6.45) is 0. The van der Waals surface area contributed by atoms with Crippen molar-refractivity contribution in [3.8, 4) is 0 Å². The second-order valence-electron chi connectivity index (χ2n) is 41.5. The van der Waals surface area contributed by atoms with E-state index in [0.717, 1.165) is 0 Å². The molecule has 0 aliphatic carbocycles. The summed E-state index contributed by atoms with van der Waals surface area (Å²) in [5.74, 6) is 0. The molecular weight excluding hydrogens is 1540 g/mol. The minimum absolute atomic E-state index is 1.40. The lowest BCUT2D eigenvalue weighted by Crippen LogP contribution is -2.04. The van der Waals surface area contributed by atoms with Crippen LogP contribution in [0.25, 0.3) is 119 Å². The zero-order valence-electron chi connectivity index (χ0n) is 91.0. The molecule has 0 saturated heterocycles. The number of allylic oxidation sites excluding steroid dienone is 4. The molecule has 0 radical (unpaired) electrons. The predicted octanol–water partition coefficient (Wildman–Crippen LogP) is 38.4. The van der Waals surface area contributed by atoms with Gasteiger partial charge in [0.15, 0.2) is 0 Å². The molecule has 0 N–H and O–H groups in total. The van der Waals surface area contributed by atoms with Crippen LogP contribution in [0.15, 0.2) is 11.1 Å². The fraction of sp³-hybridized carbons (Fsp3) is 0.422. The Kier molecular flexibility index (Phi) is 27.3. The Labute approximate surface area is 776 Å². The lowest BCUT2D eigenvalue weighted by molar-refractivity contribution is 1.22. The molecule has 15 aromatic rings. The molecule has 0 heterocycles. The molecule has 0 heteroatoms. The average Bonchev–Trinajstić information content (AvgIpc) is 0.715. The van der Waals surface area contributed by atoms with E-state index in [-0.39, 0.29) is 0 Å². The molecule has 0 aromatic heterocycles. The quantitative estimate of drug-likeness (QED) is 0.151. The molecule has 128 heavy (non-hydrogen) atoms. The summed E-state index contributed by atoms with van der Waals surface area (Å²) in [5, 5.41) is 29.5. The molecule has 0 nitrogen and oxygen atoms in total. The van der Waals surface area contributed by atoms with E-state index in [0.29, 0.717) is 0 Å². The Balaban J connectivity index is 0.000000155. The molecule has 674 valence electrons. The van der Waals surface area contributed by atoms with E-state index in [4.69, 9.17) is 0 Å². The maximum absolute atomic E-state index is 2.35. The molecule has 0 aliphatic heterocycles. The molecule has 0 amide bonds. The number of benzene rings is 15. The summed E-state index contributed by atoms with van der Waals surface area (Å²) >= 11 is 0. The number of hydrogen-bond acceptors (Lipinski definition) is 0. The van der Waals surface area contributed by atoms with Gasteiger partial charge in [-0.15, -0.1) is 0 Å². The van der Waals surface area contributed by atoms with E-state index < -0.39 is 0 Å². The first-order chi connectivity index (χ1) is 59.2. The highest BCUT2D eigenvalue weighted by Crippen LogP contribution is 2.51. The van der Waals surface area contributed by atoms with Crippen molar-refractivity contribution in [2.24, 2.45) is 0 Å². The number of hydrogen-bond donors (Lipinski definition) is 0. The molecule has 15 aromatic carbocycles. The number of rotatable bonds is 2. The van der Waals surface area contributed by atoms with Gasteiger partial charge in [-0.2, -0.15) is 0 Å². The van der Waals surface area contributed by atoms with E-state index in [2.05, 4.69) is 374 Å². The molecule has 0 unspecified atom stereocenters. The van der Waals surface area contributed by atoms with E-state index in [1.807, 2.05) is 0 Å². The molecule has 0 fully saturated rings. The van der Waals surface area contributed by atoms with Crippen LogP contribution in [0.5, 0.6) is 0 Å². The summed E-state index contributed by atoms with van der Waals surface area (Å²) in [7, 11) is 0. The molecule has 0 saturated carbocycles. The van der Waals surface area contributed by atoms with Gasteiger partial charge < -0.3 is 0 Å². The first kappa shape index (κ1) is 99.0. The SMILES string of the molecule is CC(C)=C(C)c1c(C)c(C)c(C)c2c(C)c3c(C)c(C)c(C)c(C)c3c(C)c12.CC(C)=C(C)c1c(C)c(C)c(C)c2c(C)c3c(C)c(C)c(C)c(C)c3c(C)c12.Cc1c(C)c(C)c2c(C)c3c(C)c(C)c(C)c(C)c3c(C)c2c1C.Cc1c(C)c(C)c2c(C)c3c(C)c(C)c(C)c(C)c3c(C)c2c1C.Cc1c(C)c(C)c2c(C)c3c(C)c(C)c(C)c(C)c3c(C)c2c1C. The first-order valence-electron chi connectivity index (χ1n) is 48.0. The van der Waals surface area contributed by atoms with Crippen molar-refractivity contribution < 1.29 is 0 Å². The van der Waals surface area contributed by atoms with Crippen LogP contribution in [0.2, 0.25) is 0 Å². The third-order valence-electron chi connectivity index (χ3n) is 36.0. The molecule has 15 rings (SSSR count). The fourth-order valence-corrected chi connectivity index (χ4v) is 24.7. The van der Waals surface area contributed by atoms with Crippen molar-refractivity contribution in [3.63, 3.8) is 0 Å². The van der Waals surface area contributed by atoms with Crippen LogP contribution in [0.1, 0.15) is 320 Å². The zero-order chi connectivity index (χ0) is 96.7. The van der Waals surface area contributed by atoms with Crippen LogP contribution in [0, 0.1) is 332 Å². The topological polar surface area (TPSA) is 0 Å². The minimum Gasteiger partial charge on any atom is -0.0729 e. The van der Waals surface area contributed by atoms with Crippen molar-refractivity contribution >= 4 is 119 Å². The van der Waals surface area contributed by atoms with Gasteiger partial charge >= 0.3 is 0 Å². The summed E-state index contributed by atoms with van der Waals surface area (Å²) in [5.41, 5.74) is 78.0. The van der Waals surface area contributed by atoms with Crippen molar-refractivity contribution in [2.75, 3.05) is 0 Å². The Morgan fingerprint density at radius 3 is 0.234 bits per heavy atom. The average molecular weight is 1700 g/mol. The van der Waals surface area contributed by atoms with Crippen molar-refractivity contribution in [1.82, 2.24) is 0 Å². The lowest BCUT2D eigenvalue weighted by Gasteiger charge is -2.26. The monoisotopic (exact) mass is 1700 g/mol. The van der Waals surface area contributed by atoms with Gasteiger partial charge in [-0.05, 0) is 771 Å². The third-order valence-corrected chi connectivity index (χ3v) is 36.0. The van der Waals surface area contributed by atoms with Gasteiger partial charge in [0.05, 0.1) is 0 Å². The standard InChI is InChI=1S/2C28H36.3C24H30/c2*1-13(2)14(3)24-20(9)17(6)21(10)27-22(11)25-18(7)15(4)16(5)19(8)26(25)23(12)28(24)27;3*1-11-12(2)16(6)22-20(10)24-18(8)14(4)13(3)17(7)23(24)19(9)21(22)15(11)5/h2*1-12H3;3*1-10H3. The molecule has 0 aliphatic rings. The highest BCUT2D eigenvalue weighted by molar-refractivity contribution is 6.18. The highest BCUT2D eigenvalue weighted by atomic mass is 14.3. The zero-order valence-corrected chi connectivity index (χ0v) is 91.0. The van der Waals surface area contributed by atoms with Crippen LogP contribution in [-0.2, 0) is 0 Å². The largest absolute Gasteiger partial charge is 0.0729 e. The molecule has 0 spiro atoms. The van der Waals surface area contributed by atoms with E-state index >= 15 is 0 Å². The summed E-state index contributed by atoms with van der Waals surface area (Å²) in [6.45, 7) is 124. The van der Waals surface area contributed by atoms with Gasteiger partial charge in [0.1, 0.15) is 0 Å². The van der Waals surface area contributed by atoms with Gasteiger partial charge in [-0.3, -0.25) is 0 Å². The van der Waals surface area contributed by atoms with Crippen LogP contribution in [0.4, 0.5) is 0 Å². The van der Waals surface area contributed by atoms with E-state index in [1.54, 1.807) is 0 Å². The van der Waals surface area contributed by atoms with Crippen LogP contribution < -0.4 is 0 Å². The second-order valence-corrected chi connectivity index (χ2v) is 41.5. The maximum Gasteiger partial charge on any atom is -0.00648 e. The molecule has 0 bridgehead atoms. The van der Waals surface area contributed by atoms with Gasteiger partial charge in [-0.25, -0.2) is 0 Å². The molecule has 0 atom stereocenters. The van der Waals surface area contributed by atoms with E-state index in [9.17, 15) is 0 Å². The smallest absolute Gasteiger partial charge is 0.00648 e. The Bertz CT molecular complexity index is 6470. The third kappa shape index (κ3) is 14.5. The minimum atomic E-state index is 1.40. The van der Waals surface area contributed by atoms with Gasteiger partial charge in [0, 0.05) is 0 Å². The van der Waals surface area contributed by atoms with Crippen molar-refractivity contribution in [2.45, 2.75) is 374 Å². The van der Waals surface area contributed by atoms with Gasteiger partial charge in [0.25, 0.3) is 0 Å². The fourth-order valence-electron chi connectivity index (χ4n) is 24.7. The Morgan fingerprint density at radius 2 is 0.148 bits per heavy atom. The summed E-state index contributed by atoms with van der Waals surface area (Å²) < 4.78 is 0. The predicted molar refractivity (Wildman–Crippen MR) is 583 cm³/mol. The number of aryl methyl sites for hydroxylation is 28. The lowest BCUT2D eigenvalue weighted by atomic mass is 9.78. The number of fused-ring (bicyclic) bond motifs is 10. The Morgan fingerprint density at radius 1 is 0.0781 bits per heavy atom. The first-order valence-corrected chi connectivity index (χ1v) is 48.0. The highest BCUT2D eigenvalue weighted by Gasteiger charge is 2.29. The van der Waals surface area contributed by atoms with Crippen LogP contribution in [0.3, 0.4) is 0 Å². The summed E-state index contributed by atoms with van der Waals surface area (Å²) in [4.78, 5) is 0. The maximum atomic E-state index is 2.35. The van der Waals surface area contributed by atoms with Gasteiger partial charge in [-0.1, -0.05) is 11.1 Å². The van der Waals surface area contributed by atoms with Crippen LogP contribution in [-0.4, -0.2) is 0 Å². The van der Waals surface area contributed by atoms with Crippen molar-refractivity contribution in [3.05, 3.63) is 289 Å².